The number of carbonyl (C=O) groups excluding carboxylic acids is 1. The van der Waals surface area contributed by atoms with Gasteiger partial charge in [-0.15, -0.1) is 0 Å². The van der Waals surface area contributed by atoms with Gasteiger partial charge in [0.1, 0.15) is 6.10 Å². The maximum absolute atomic E-state index is 11.7. The van der Waals surface area contributed by atoms with Crippen LogP contribution in [0.25, 0.3) is 0 Å². The van der Waals surface area contributed by atoms with Crippen LogP contribution in [0, 0.1) is 17.8 Å². The molecular weight excluding hydrogens is 152 g/mol. The van der Waals surface area contributed by atoms with Gasteiger partial charge in [0, 0.05) is 5.92 Å². The van der Waals surface area contributed by atoms with Crippen molar-refractivity contribution >= 4 is 5.78 Å². The number of ether oxygens (including phenoxy) is 1. The topological polar surface area (TPSA) is 26.3 Å². The number of ketones is 1. The Bertz CT molecular complexity index is 214. The molecule has 2 saturated heterocycles. The van der Waals surface area contributed by atoms with E-state index in [9.17, 15) is 4.79 Å². The van der Waals surface area contributed by atoms with Crippen LogP contribution in [0.4, 0.5) is 0 Å². The van der Waals surface area contributed by atoms with Crippen molar-refractivity contribution < 1.29 is 9.53 Å². The second-order valence-electron chi connectivity index (χ2n) is 4.60. The molecule has 0 amide bonds. The van der Waals surface area contributed by atoms with E-state index < -0.39 is 0 Å². The molecule has 4 aliphatic rings. The minimum atomic E-state index is -0.0127. The first-order valence-corrected chi connectivity index (χ1v) is 4.98. The minimum Gasteiger partial charge on any atom is -0.370 e. The Morgan fingerprint density at radius 1 is 1.08 bits per heavy atom. The number of rotatable bonds is 0. The summed E-state index contributed by atoms with van der Waals surface area (Å²) in [5, 5.41) is 0. The van der Waals surface area contributed by atoms with Crippen molar-refractivity contribution in [3.8, 4) is 0 Å². The average molecular weight is 166 g/mol. The molecule has 12 heavy (non-hydrogen) atoms. The molecule has 0 N–H and O–H groups in total. The van der Waals surface area contributed by atoms with Crippen molar-refractivity contribution in [3.05, 3.63) is 0 Å². The summed E-state index contributed by atoms with van der Waals surface area (Å²) in [6.45, 7) is 0.851. The lowest BCUT2D eigenvalue weighted by Gasteiger charge is -2.35. The Kier molecular flexibility index (Phi) is 1.37. The molecule has 0 aromatic rings. The standard InChI is InChI=1S/C10H14O2/c11-10-8-2-6-1-7(3-8)5-12-9(10)4-6/h6-9H,1-5H2. The third-order valence-electron chi connectivity index (χ3n) is 3.70. The Morgan fingerprint density at radius 3 is 2.83 bits per heavy atom. The fourth-order valence-electron chi connectivity index (χ4n) is 3.21. The molecule has 4 fully saturated rings. The maximum atomic E-state index is 11.7. The fourth-order valence-corrected chi connectivity index (χ4v) is 3.21. The molecule has 2 aliphatic heterocycles. The summed E-state index contributed by atoms with van der Waals surface area (Å²) in [7, 11) is 0. The predicted octanol–water partition coefficient (Wildman–Crippen LogP) is 1.39. The zero-order valence-corrected chi connectivity index (χ0v) is 7.16. The summed E-state index contributed by atoms with van der Waals surface area (Å²) in [4.78, 5) is 11.7. The lowest BCUT2D eigenvalue weighted by Crippen LogP contribution is -2.38. The van der Waals surface area contributed by atoms with E-state index in [4.69, 9.17) is 4.74 Å². The summed E-state index contributed by atoms with van der Waals surface area (Å²) >= 11 is 0. The highest BCUT2D eigenvalue weighted by Crippen LogP contribution is 2.44. The zero-order chi connectivity index (χ0) is 8.13. The smallest absolute Gasteiger partial charge is 0.164 e. The van der Waals surface area contributed by atoms with E-state index in [1.54, 1.807) is 0 Å². The van der Waals surface area contributed by atoms with Gasteiger partial charge in [-0.3, -0.25) is 4.79 Å². The summed E-state index contributed by atoms with van der Waals surface area (Å²) in [6.07, 6.45) is 4.61. The molecule has 4 unspecified atom stereocenters. The van der Waals surface area contributed by atoms with Crippen molar-refractivity contribution in [1.82, 2.24) is 0 Å². The fraction of sp³-hybridized carbons (Fsp3) is 0.900. The molecule has 2 saturated carbocycles. The van der Waals surface area contributed by atoms with E-state index in [2.05, 4.69) is 0 Å². The van der Waals surface area contributed by atoms with Gasteiger partial charge in [0.2, 0.25) is 0 Å². The van der Waals surface area contributed by atoms with Crippen LogP contribution in [0.2, 0.25) is 0 Å². The number of hydrogen-bond acceptors (Lipinski definition) is 2. The van der Waals surface area contributed by atoms with Gasteiger partial charge in [-0.2, -0.15) is 0 Å². The predicted molar refractivity (Wildman–Crippen MR) is 43.7 cm³/mol. The quantitative estimate of drug-likeness (QED) is 0.543. The van der Waals surface area contributed by atoms with E-state index in [0.717, 1.165) is 31.8 Å². The van der Waals surface area contributed by atoms with Crippen molar-refractivity contribution in [1.29, 1.82) is 0 Å². The van der Waals surface area contributed by atoms with Crippen molar-refractivity contribution in [2.45, 2.75) is 31.8 Å². The molecular formula is C10H14O2. The Balaban J connectivity index is 1.97. The molecule has 4 atom stereocenters. The molecule has 0 aromatic heterocycles. The molecule has 66 valence electrons. The van der Waals surface area contributed by atoms with Gasteiger partial charge < -0.3 is 4.74 Å². The van der Waals surface area contributed by atoms with Gasteiger partial charge >= 0.3 is 0 Å². The van der Waals surface area contributed by atoms with Crippen LogP contribution >= 0.6 is 0 Å². The van der Waals surface area contributed by atoms with E-state index in [-0.39, 0.29) is 6.10 Å². The number of carbonyl (C=O) groups is 1. The second-order valence-corrected chi connectivity index (χ2v) is 4.60. The van der Waals surface area contributed by atoms with Crippen LogP contribution in [0.1, 0.15) is 25.7 Å². The number of hydrogen-bond donors (Lipinski definition) is 0. The van der Waals surface area contributed by atoms with Gasteiger partial charge in [-0.1, -0.05) is 0 Å². The Hall–Kier alpha value is -0.370. The van der Waals surface area contributed by atoms with Gasteiger partial charge in [0.25, 0.3) is 0 Å². The summed E-state index contributed by atoms with van der Waals surface area (Å²) in [6, 6.07) is 0. The molecule has 0 aromatic carbocycles. The molecule has 4 rings (SSSR count). The summed E-state index contributed by atoms with van der Waals surface area (Å²) in [5.41, 5.74) is 0. The summed E-state index contributed by atoms with van der Waals surface area (Å²) < 4.78 is 5.59. The molecule has 0 spiro atoms. The van der Waals surface area contributed by atoms with Gasteiger partial charge in [0.05, 0.1) is 6.61 Å². The van der Waals surface area contributed by atoms with Crippen LogP contribution in [0.5, 0.6) is 0 Å². The second kappa shape index (κ2) is 2.32. The Labute approximate surface area is 72.3 Å². The van der Waals surface area contributed by atoms with E-state index in [0.29, 0.717) is 17.6 Å². The highest BCUT2D eigenvalue weighted by Gasteiger charge is 2.45. The van der Waals surface area contributed by atoms with Crippen LogP contribution < -0.4 is 0 Å². The molecule has 2 aliphatic carbocycles. The lowest BCUT2D eigenvalue weighted by molar-refractivity contribution is -0.137. The molecule has 0 radical (unpaired) electrons. The van der Waals surface area contributed by atoms with Crippen molar-refractivity contribution in [2.24, 2.45) is 17.8 Å². The number of Topliss-reactive ketones (excluding diaryl/α,β-unsaturated/α-hetero) is 1. The summed E-state index contributed by atoms with van der Waals surface area (Å²) in [5.74, 6) is 2.28. The first-order chi connectivity index (χ1) is 5.83. The van der Waals surface area contributed by atoms with E-state index in [1.807, 2.05) is 0 Å². The van der Waals surface area contributed by atoms with Gasteiger partial charge in [-0.25, -0.2) is 0 Å². The SMILES string of the molecule is O=C1C2CC3COC1CC(C3)C2. The number of fused-ring (bicyclic) bond motifs is 1. The highest BCUT2D eigenvalue weighted by molar-refractivity contribution is 5.86. The lowest BCUT2D eigenvalue weighted by atomic mass is 9.68. The monoisotopic (exact) mass is 166 g/mol. The van der Waals surface area contributed by atoms with Gasteiger partial charge in [0.15, 0.2) is 5.78 Å². The van der Waals surface area contributed by atoms with Crippen LogP contribution in [0.3, 0.4) is 0 Å². The molecule has 2 heterocycles. The van der Waals surface area contributed by atoms with E-state index in [1.165, 1.54) is 6.42 Å². The first kappa shape index (κ1) is 7.07. The van der Waals surface area contributed by atoms with Crippen molar-refractivity contribution in [3.63, 3.8) is 0 Å². The van der Waals surface area contributed by atoms with Crippen LogP contribution in [-0.4, -0.2) is 18.5 Å². The average Bonchev–Trinajstić information content (AvgIpc) is 2.27. The normalized spacial score (nSPS) is 51.2. The van der Waals surface area contributed by atoms with Crippen molar-refractivity contribution in [2.75, 3.05) is 6.61 Å². The largest absolute Gasteiger partial charge is 0.370 e. The third kappa shape index (κ3) is 0.875. The molecule has 4 bridgehead atoms. The Morgan fingerprint density at radius 2 is 1.92 bits per heavy atom. The van der Waals surface area contributed by atoms with Crippen LogP contribution in [-0.2, 0) is 9.53 Å². The van der Waals surface area contributed by atoms with Gasteiger partial charge in [-0.05, 0) is 37.5 Å². The minimum absolute atomic E-state index is 0.0127. The van der Waals surface area contributed by atoms with Crippen LogP contribution in [0.15, 0.2) is 0 Å². The highest BCUT2D eigenvalue weighted by atomic mass is 16.5. The molecule has 2 heteroatoms. The molecule has 2 nitrogen and oxygen atoms in total. The first-order valence-electron chi connectivity index (χ1n) is 4.98. The zero-order valence-electron chi connectivity index (χ0n) is 7.16. The van der Waals surface area contributed by atoms with E-state index >= 15 is 0 Å². The third-order valence-corrected chi connectivity index (χ3v) is 3.70. The maximum Gasteiger partial charge on any atom is 0.164 e.